The molecule has 28 heavy (non-hydrogen) atoms. The van der Waals surface area contributed by atoms with Crippen molar-refractivity contribution in [3.05, 3.63) is 35.6 Å². The van der Waals surface area contributed by atoms with Crippen molar-refractivity contribution in [2.45, 2.75) is 32.4 Å². The Morgan fingerprint density at radius 2 is 1.86 bits per heavy atom. The van der Waals surface area contributed by atoms with Crippen molar-refractivity contribution in [3.63, 3.8) is 0 Å². The lowest BCUT2D eigenvalue weighted by Gasteiger charge is -2.26. The molecule has 1 unspecified atom stereocenters. The van der Waals surface area contributed by atoms with E-state index in [4.69, 9.17) is 4.74 Å². The third-order valence-corrected chi connectivity index (χ3v) is 3.63. The predicted molar refractivity (Wildman–Crippen MR) is 122 cm³/mol. The lowest BCUT2D eigenvalue weighted by molar-refractivity contribution is 0.0529. The SMILES string of the molecule is CN=C(NCCNC(=O)OC(C)(C)C)NCC(c1cccc(F)c1)N(C)C.I. The number of halogens is 2. The Morgan fingerprint density at radius 3 is 2.39 bits per heavy atom. The summed E-state index contributed by atoms with van der Waals surface area (Å²) >= 11 is 0. The number of amides is 1. The summed E-state index contributed by atoms with van der Waals surface area (Å²) in [6, 6.07) is 6.56. The first-order valence-corrected chi connectivity index (χ1v) is 8.95. The lowest BCUT2D eigenvalue weighted by atomic mass is 10.1. The topological polar surface area (TPSA) is 78.0 Å². The molecule has 160 valence electrons. The van der Waals surface area contributed by atoms with Crippen LogP contribution in [0.4, 0.5) is 9.18 Å². The van der Waals surface area contributed by atoms with Crippen molar-refractivity contribution in [3.8, 4) is 0 Å². The Bertz CT molecular complexity index is 635. The Morgan fingerprint density at radius 1 is 1.21 bits per heavy atom. The first kappa shape index (κ1) is 26.4. The van der Waals surface area contributed by atoms with E-state index in [-0.39, 0.29) is 35.8 Å². The van der Waals surface area contributed by atoms with Crippen LogP contribution in [0, 0.1) is 5.82 Å². The average molecular weight is 509 g/mol. The Hall–Kier alpha value is -1.62. The maximum Gasteiger partial charge on any atom is 0.407 e. The molecule has 0 aromatic heterocycles. The fraction of sp³-hybridized carbons (Fsp3) is 0.579. The number of rotatable bonds is 7. The smallest absolute Gasteiger partial charge is 0.407 e. The molecule has 0 bridgehead atoms. The molecule has 7 nitrogen and oxygen atoms in total. The highest BCUT2D eigenvalue weighted by Crippen LogP contribution is 2.18. The number of alkyl carbamates (subject to hydrolysis) is 1. The van der Waals surface area contributed by atoms with Gasteiger partial charge in [-0.25, -0.2) is 9.18 Å². The number of nitrogens with one attached hydrogen (secondary N) is 3. The zero-order chi connectivity index (χ0) is 20.4. The minimum absolute atomic E-state index is 0. The molecule has 0 saturated carbocycles. The van der Waals surface area contributed by atoms with E-state index in [2.05, 4.69) is 20.9 Å². The van der Waals surface area contributed by atoms with Crippen molar-refractivity contribution in [1.29, 1.82) is 0 Å². The molecular weight excluding hydrogens is 476 g/mol. The third kappa shape index (κ3) is 10.6. The average Bonchev–Trinajstić information content (AvgIpc) is 2.55. The molecule has 0 aliphatic heterocycles. The molecule has 1 rings (SSSR count). The molecule has 0 aliphatic rings. The molecule has 1 aromatic carbocycles. The van der Waals surface area contributed by atoms with Gasteiger partial charge in [-0.15, -0.1) is 24.0 Å². The standard InChI is InChI=1S/C19H32FN5O2.HI/c1-19(2,3)27-18(26)23-11-10-22-17(21-4)24-13-16(25(5)6)14-8-7-9-15(20)12-14;/h7-9,12,16H,10-11,13H2,1-6H3,(H,23,26)(H2,21,22,24);1H. The zero-order valence-electron chi connectivity index (χ0n) is 17.5. The van der Waals surface area contributed by atoms with Gasteiger partial charge < -0.3 is 25.6 Å². The Balaban J connectivity index is 0.00000729. The van der Waals surface area contributed by atoms with Gasteiger partial charge in [-0.3, -0.25) is 4.99 Å². The van der Waals surface area contributed by atoms with Crippen LogP contribution >= 0.6 is 24.0 Å². The van der Waals surface area contributed by atoms with Crippen LogP contribution in [0.3, 0.4) is 0 Å². The van der Waals surface area contributed by atoms with Gasteiger partial charge in [0.1, 0.15) is 11.4 Å². The molecule has 0 saturated heterocycles. The molecule has 1 atom stereocenters. The number of carbonyl (C=O) groups excluding carboxylic acids is 1. The van der Waals surface area contributed by atoms with Gasteiger partial charge in [-0.1, -0.05) is 12.1 Å². The van der Waals surface area contributed by atoms with Crippen LogP contribution in [-0.4, -0.2) is 63.3 Å². The summed E-state index contributed by atoms with van der Waals surface area (Å²) in [5, 5.41) is 9.02. The number of guanidine groups is 1. The number of likely N-dealkylation sites (N-methyl/N-ethyl adjacent to an activating group) is 1. The highest BCUT2D eigenvalue weighted by atomic mass is 127. The van der Waals surface area contributed by atoms with Crippen molar-refractivity contribution < 1.29 is 13.9 Å². The summed E-state index contributed by atoms with van der Waals surface area (Å²) in [5.41, 5.74) is 0.363. The summed E-state index contributed by atoms with van der Waals surface area (Å²) < 4.78 is 18.7. The fourth-order valence-corrected chi connectivity index (χ4v) is 2.39. The molecule has 1 aromatic rings. The molecule has 0 fully saturated rings. The molecule has 0 aliphatic carbocycles. The summed E-state index contributed by atoms with van der Waals surface area (Å²) in [7, 11) is 5.56. The predicted octanol–water partition coefficient (Wildman–Crippen LogP) is 2.74. The molecule has 0 heterocycles. The fourth-order valence-electron chi connectivity index (χ4n) is 2.39. The largest absolute Gasteiger partial charge is 0.444 e. The summed E-state index contributed by atoms with van der Waals surface area (Å²) in [4.78, 5) is 17.8. The van der Waals surface area contributed by atoms with Crippen LogP contribution in [-0.2, 0) is 4.74 Å². The molecule has 0 radical (unpaired) electrons. The lowest BCUT2D eigenvalue weighted by Crippen LogP contribution is -2.44. The maximum atomic E-state index is 13.5. The van der Waals surface area contributed by atoms with Crippen molar-refractivity contribution in [2.75, 3.05) is 40.8 Å². The molecule has 1 amide bonds. The summed E-state index contributed by atoms with van der Waals surface area (Å²) in [6.07, 6.45) is -0.453. The van der Waals surface area contributed by atoms with E-state index in [0.29, 0.717) is 25.6 Å². The monoisotopic (exact) mass is 509 g/mol. The van der Waals surface area contributed by atoms with Crippen LogP contribution in [0.15, 0.2) is 29.3 Å². The number of carbonyl (C=O) groups is 1. The number of aliphatic imine (C=N–C) groups is 1. The number of nitrogens with zero attached hydrogens (tertiary/aromatic N) is 2. The van der Waals surface area contributed by atoms with Crippen LogP contribution in [0.2, 0.25) is 0 Å². The summed E-state index contributed by atoms with van der Waals surface area (Å²) in [5.74, 6) is 0.347. The van der Waals surface area contributed by atoms with E-state index in [1.807, 2.05) is 45.8 Å². The van der Waals surface area contributed by atoms with E-state index in [9.17, 15) is 9.18 Å². The van der Waals surface area contributed by atoms with Crippen LogP contribution in [0.5, 0.6) is 0 Å². The molecule has 9 heteroatoms. The van der Waals surface area contributed by atoms with E-state index >= 15 is 0 Å². The second kappa shape index (κ2) is 12.8. The number of hydrogen-bond acceptors (Lipinski definition) is 4. The highest BCUT2D eigenvalue weighted by Gasteiger charge is 2.16. The molecular formula is C19H33FIN5O2. The highest BCUT2D eigenvalue weighted by molar-refractivity contribution is 14.0. The normalized spacial score (nSPS) is 12.8. The van der Waals surface area contributed by atoms with Crippen molar-refractivity contribution in [2.24, 2.45) is 4.99 Å². The number of benzene rings is 1. The van der Waals surface area contributed by atoms with E-state index < -0.39 is 11.7 Å². The Kier molecular flexibility index (Phi) is 12.0. The van der Waals surface area contributed by atoms with Gasteiger partial charge in [0.2, 0.25) is 0 Å². The van der Waals surface area contributed by atoms with Gasteiger partial charge in [-0.05, 0) is 52.6 Å². The summed E-state index contributed by atoms with van der Waals surface area (Å²) in [6.45, 7) is 6.89. The van der Waals surface area contributed by atoms with Gasteiger partial charge in [0, 0.05) is 26.7 Å². The van der Waals surface area contributed by atoms with Gasteiger partial charge in [-0.2, -0.15) is 0 Å². The first-order valence-electron chi connectivity index (χ1n) is 8.95. The second-order valence-electron chi connectivity index (χ2n) is 7.34. The van der Waals surface area contributed by atoms with E-state index in [1.165, 1.54) is 12.1 Å². The van der Waals surface area contributed by atoms with E-state index in [0.717, 1.165) is 5.56 Å². The first-order chi connectivity index (χ1) is 12.6. The van der Waals surface area contributed by atoms with Crippen LogP contribution in [0.1, 0.15) is 32.4 Å². The minimum atomic E-state index is -0.521. The number of ether oxygens (including phenoxy) is 1. The van der Waals surface area contributed by atoms with Gasteiger partial charge >= 0.3 is 6.09 Å². The van der Waals surface area contributed by atoms with Crippen molar-refractivity contribution in [1.82, 2.24) is 20.9 Å². The Labute approximate surface area is 184 Å². The molecule has 3 N–H and O–H groups in total. The van der Waals surface area contributed by atoms with E-state index in [1.54, 1.807) is 13.1 Å². The van der Waals surface area contributed by atoms with Gasteiger partial charge in [0.05, 0.1) is 6.04 Å². The third-order valence-electron chi connectivity index (χ3n) is 3.63. The zero-order valence-corrected chi connectivity index (χ0v) is 19.8. The van der Waals surface area contributed by atoms with Crippen LogP contribution < -0.4 is 16.0 Å². The quantitative estimate of drug-likeness (QED) is 0.228. The maximum absolute atomic E-state index is 13.5. The number of hydrogen-bond donors (Lipinski definition) is 3. The van der Waals surface area contributed by atoms with Crippen molar-refractivity contribution >= 4 is 36.0 Å². The minimum Gasteiger partial charge on any atom is -0.444 e. The van der Waals surface area contributed by atoms with Gasteiger partial charge in [0.25, 0.3) is 0 Å². The molecule has 0 spiro atoms. The van der Waals surface area contributed by atoms with Crippen LogP contribution in [0.25, 0.3) is 0 Å². The van der Waals surface area contributed by atoms with Gasteiger partial charge in [0.15, 0.2) is 5.96 Å². The second-order valence-corrected chi connectivity index (χ2v) is 7.34.